The first-order chi connectivity index (χ1) is 25.1. The minimum absolute atomic E-state index is 0.0129. The number of carboxylic acid groups (broad SMARTS) is 2. The van der Waals surface area contributed by atoms with Gasteiger partial charge < -0.3 is 53.2 Å². The molecule has 0 spiro atoms. The summed E-state index contributed by atoms with van der Waals surface area (Å²) in [5.74, 6) is -6.47. The minimum atomic E-state index is -1.42. The summed E-state index contributed by atoms with van der Waals surface area (Å²) >= 11 is 0. The van der Waals surface area contributed by atoms with Crippen LogP contribution in [-0.4, -0.2) is 100.0 Å². The standard InChI is InChI=1S/C36H56N8O9/c1-5-21(4)31(36(52)53)44-34(50)26(12-8-9-15-37)41-29(45)19-40-33(49)27(13-14-30(46)47)42-35(51)28(43-32(48)24(38)16-20(2)3)17-22-18-39-25-11-7-6-10-23(22)25/h6-7,10-11,18,20-21,24,26-28,31,39H,5,8-9,12-17,19,37-38H2,1-4H3,(H,40,49)(H,41,45)(H,42,51)(H,43,48)(H,44,50)(H,46,47)(H,52,53)/t21-,24-,26-,27-,28-,31-/m0/s1. The van der Waals surface area contributed by atoms with E-state index >= 15 is 0 Å². The number of carbonyl (C=O) groups excluding carboxylic acids is 5. The molecule has 0 aliphatic rings. The number of H-pyrrole nitrogens is 1. The molecule has 2 aromatic rings. The van der Waals surface area contributed by atoms with Crippen LogP contribution in [0.5, 0.6) is 0 Å². The monoisotopic (exact) mass is 744 g/mol. The van der Waals surface area contributed by atoms with E-state index in [1.54, 1.807) is 20.0 Å². The molecule has 0 saturated heterocycles. The lowest BCUT2D eigenvalue weighted by atomic mass is 9.98. The van der Waals surface area contributed by atoms with Crippen molar-refractivity contribution in [3.05, 3.63) is 36.0 Å². The fourth-order valence-electron chi connectivity index (χ4n) is 5.67. The predicted molar refractivity (Wildman–Crippen MR) is 197 cm³/mol. The zero-order chi connectivity index (χ0) is 39.7. The Bertz CT molecular complexity index is 1560. The highest BCUT2D eigenvalue weighted by Crippen LogP contribution is 2.20. The van der Waals surface area contributed by atoms with Gasteiger partial charge in [-0.05, 0) is 62.1 Å². The van der Waals surface area contributed by atoms with Crippen LogP contribution in [0.1, 0.15) is 78.2 Å². The molecule has 17 nitrogen and oxygen atoms in total. The average molecular weight is 745 g/mol. The van der Waals surface area contributed by atoms with E-state index in [2.05, 4.69) is 31.6 Å². The lowest BCUT2D eigenvalue weighted by Crippen LogP contribution is -2.57. The van der Waals surface area contributed by atoms with Gasteiger partial charge in [0.25, 0.3) is 0 Å². The molecule has 0 bridgehead atoms. The highest BCUT2D eigenvalue weighted by molar-refractivity contribution is 5.96. The van der Waals surface area contributed by atoms with E-state index in [9.17, 15) is 43.8 Å². The normalized spacial score (nSPS) is 14.6. The highest BCUT2D eigenvalue weighted by atomic mass is 16.4. The number of nitrogens with one attached hydrogen (secondary N) is 6. The van der Waals surface area contributed by atoms with Gasteiger partial charge >= 0.3 is 11.9 Å². The molecule has 5 amide bonds. The van der Waals surface area contributed by atoms with E-state index in [-0.39, 0.29) is 31.1 Å². The van der Waals surface area contributed by atoms with Gasteiger partial charge in [-0.25, -0.2) is 4.79 Å². The smallest absolute Gasteiger partial charge is 0.326 e. The maximum absolute atomic E-state index is 13.8. The molecular formula is C36H56N8O9. The molecule has 12 N–H and O–H groups in total. The molecule has 1 heterocycles. The Labute approximate surface area is 309 Å². The maximum atomic E-state index is 13.8. The first-order valence-corrected chi connectivity index (χ1v) is 18.0. The second-order valence-electron chi connectivity index (χ2n) is 13.7. The lowest BCUT2D eigenvalue weighted by Gasteiger charge is -2.25. The van der Waals surface area contributed by atoms with E-state index in [1.807, 2.05) is 38.1 Å². The minimum Gasteiger partial charge on any atom is -0.481 e. The number of aromatic nitrogens is 1. The molecule has 0 aliphatic carbocycles. The van der Waals surface area contributed by atoms with E-state index in [0.29, 0.717) is 37.8 Å². The molecule has 1 aromatic carbocycles. The molecule has 0 fully saturated rings. The topological polar surface area (TPSA) is 288 Å². The number of unbranched alkanes of at least 4 members (excludes halogenated alkanes) is 1. The zero-order valence-electron chi connectivity index (χ0n) is 30.9. The van der Waals surface area contributed by atoms with Gasteiger partial charge in [-0.3, -0.25) is 28.8 Å². The SMILES string of the molecule is CC[C@H](C)[C@H](NC(=O)[C@H](CCCCN)NC(=O)CNC(=O)[C@H](CCC(=O)O)NC(=O)[C@H](Cc1c[nH]c2ccccc12)NC(=O)[C@@H](N)CC(C)C)C(=O)O. The van der Waals surface area contributed by atoms with Crippen molar-refractivity contribution < 1.29 is 43.8 Å². The summed E-state index contributed by atoms with van der Waals surface area (Å²) in [6.07, 6.45) is 2.84. The fourth-order valence-corrected chi connectivity index (χ4v) is 5.67. The van der Waals surface area contributed by atoms with Gasteiger partial charge in [-0.1, -0.05) is 52.3 Å². The van der Waals surface area contributed by atoms with Crippen LogP contribution in [0.2, 0.25) is 0 Å². The number of carbonyl (C=O) groups is 7. The molecule has 17 heteroatoms. The second-order valence-corrected chi connectivity index (χ2v) is 13.7. The quantitative estimate of drug-likeness (QED) is 0.0651. The predicted octanol–water partition coefficient (Wildman–Crippen LogP) is 0.264. The van der Waals surface area contributed by atoms with Gasteiger partial charge in [0.05, 0.1) is 12.6 Å². The Hall–Kier alpha value is -5.03. The van der Waals surface area contributed by atoms with Crippen LogP contribution in [-0.2, 0) is 40.0 Å². The number of nitrogens with two attached hydrogens (primary N) is 2. The number of aliphatic carboxylic acids is 2. The largest absolute Gasteiger partial charge is 0.481 e. The Balaban J connectivity index is 2.22. The third-order valence-electron chi connectivity index (χ3n) is 8.87. The lowest BCUT2D eigenvalue weighted by molar-refractivity contribution is -0.144. The number of benzene rings is 1. The summed E-state index contributed by atoms with van der Waals surface area (Å²) in [4.78, 5) is 92.6. The molecule has 0 saturated carbocycles. The van der Waals surface area contributed by atoms with Crippen molar-refractivity contribution in [3.8, 4) is 0 Å². The van der Waals surface area contributed by atoms with Crippen LogP contribution in [0.15, 0.2) is 30.5 Å². The Morgan fingerprint density at radius 1 is 0.811 bits per heavy atom. The van der Waals surface area contributed by atoms with Crippen LogP contribution in [0.4, 0.5) is 0 Å². The third-order valence-corrected chi connectivity index (χ3v) is 8.87. The number of para-hydroxylation sites is 1. The summed E-state index contributed by atoms with van der Waals surface area (Å²) < 4.78 is 0. The summed E-state index contributed by atoms with van der Waals surface area (Å²) in [5, 5.41) is 32.4. The molecular weight excluding hydrogens is 688 g/mol. The zero-order valence-corrected chi connectivity index (χ0v) is 30.9. The van der Waals surface area contributed by atoms with Gasteiger partial charge in [0.15, 0.2) is 0 Å². The molecule has 0 aliphatic heterocycles. The van der Waals surface area contributed by atoms with Crippen molar-refractivity contribution in [2.24, 2.45) is 23.3 Å². The number of hydrogen-bond donors (Lipinski definition) is 10. The van der Waals surface area contributed by atoms with Crippen molar-refractivity contribution >= 4 is 52.4 Å². The highest BCUT2D eigenvalue weighted by Gasteiger charge is 2.32. The molecule has 6 atom stereocenters. The number of amides is 5. The summed E-state index contributed by atoms with van der Waals surface area (Å²) in [6.45, 7) is 6.95. The number of carboxylic acids is 2. The Kier molecular flexibility index (Phi) is 18.4. The van der Waals surface area contributed by atoms with Gasteiger partial charge in [0, 0.05) is 29.9 Å². The van der Waals surface area contributed by atoms with Gasteiger partial charge in [0.2, 0.25) is 29.5 Å². The van der Waals surface area contributed by atoms with Gasteiger partial charge in [-0.2, -0.15) is 0 Å². The third kappa shape index (κ3) is 14.9. The van der Waals surface area contributed by atoms with Crippen molar-refractivity contribution in [1.82, 2.24) is 31.6 Å². The van der Waals surface area contributed by atoms with Crippen molar-refractivity contribution in [1.29, 1.82) is 0 Å². The number of rotatable bonds is 24. The summed E-state index contributed by atoms with van der Waals surface area (Å²) in [7, 11) is 0. The Morgan fingerprint density at radius 2 is 1.45 bits per heavy atom. The molecule has 2 rings (SSSR count). The van der Waals surface area contributed by atoms with E-state index in [1.165, 1.54) is 0 Å². The van der Waals surface area contributed by atoms with E-state index in [0.717, 1.165) is 10.9 Å². The molecule has 1 aromatic heterocycles. The van der Waals surface area contributed by atoms with E-state index in [4.69, 9.17) is 11.5 Å². The molecule has 0 radical (unpaired) electrons. The average Bonchev–Trinajstić information content (AvgIpc) is 3.52. The van der Waals surface area contributed by atoms with E-state index < -0.39 is 84.6 Å². The van der Waals surface area contributed by atoms with Crippen LogP contribution in [0.25, 0.3) is 10.9 Å². The van der Waals surface area contributed by atoms with Crippen LogP contribution in [0, 0.1) is 11.8 Å². The van der Waals surface area contributed by atoms with Crippen LogP contribution < -0.4 is 38.1 Å². The molecule has 0 unspecified atom stereocenters. The second kappa shape index (κ2) is 22.1. The van der Waals surface area contributed by atoms with Crippen molar-refractivity contribution in [2.45, 2.75) is 109 Å². The first-order valence-electron chi connectivity index (χ1n) is 18.0. The first kappa shape index (κ1) is 44.1. The number of fused-ring (bicyclic) bond motifs is 1. The Morgan fingerprint density at radius 3 is 2.08 bits per heavy atom. The summed E-state index contributed by atoms with van der Waals surface area (Å²) in [5.41, 5.74) is 13.2. The van der Waals surface area contributed by atoms with Crippen LogP contribution in [0.3, 0.4) is 0 Å². The van der Waals surface area contributed by atoms with Crippen molar-refractivity contribution in [2.75, 3.05) is 13.1 Å². The van der Waals surface area contributed by atoms with Gasteiger partial charge in [0.1, 0.15) is 24.2 Å². The van der Waals surface area contributed by atoms with Crippen molar-refractivity contribution in [3.63, 3.8) is 0 Å². The number of aromatic amines is 1. The number of hydrogen-bond acceptors (Lipinski definition) is 9. The van der Waals surface area contributed by atoms with Gasteiger partial charge in [-0.15, -0.1) is 0 Å². The molecule has 53 heavy (non-hydrogen) atoms. The fraction of sp³-hybridized carbons (Fsp3) is 0.583. The molecule has 294 valence electrons. The van der Waals surface area contributed by atoms with Crippen LogP contribution >= 0.6 is 0 Å². The summed E-state index contributed by atoms with van der Waals surface area (Å²) in [6, 6.07) is 1.50. The maximum Gasteiger partial charge on any atom is 0.326 e.